The van der Waals surface area contributed by atoms with Crippen LogP contribution in [0.2, 0.25) is 5.02 Å². The Balaban J connectivity index is 1.75. The van der Waals surface area contributed by atoms with Crippen LogP contribution in [0.1, 0.15) is 21.5 Å². The SMILES string of the molecule is COc1ccc(CNC(=O)c2ccc(OC)c(S(=O)(=O)NCc3ccc(Cl)cc3)c2)cc1F. The first-order chi connectivity index (χ1) is 15.7. The van der Waals surface area contributed by atoms with E-state index in [0.717, 1.165) is 0 Å². The number of hydrogen-bond acceptors (Lipinski definition) is 5. The molecule has 7 nitrogen and oxygen atoms in total. The second-order valence-electron chi connectivity index (χ2n) is 6.97. The van der Waals surface area contributed by atoms with Gasteiger partial charge < -0.3 is 14.8 Å². The van der Waals surface area contributed by atoms with Gasteiger partial charge in [-0.3, -0.25) is 4.79 Å². The van der Waals surface area contributed by atoms with Crippen LogP contribution < -0.4 is 19.5 Å². The fraction of sp³-hybridized carbons (Fsp3) is 0.174. The lowest BCUT2D eigenvalue weighted by atomic mass is 10.1. The Hall–Kier alpha value is -3.14. The highest BCUT2D eigenvalue weighted by atomic mass is 35.5. The smallest absolute Gasteiger partial charge is 0.251 e. The van der Waals surface area contributed by atoms with Crippen molar-refractivity contribution in [3.63, 3.8) is 0 Å². The molecule has 0 heterocycles. The third kappa shape index (κ3) is 6.22. The van der Waals surface area contributed by atoms with Gasteiger partial charge in [0, 0.05) is 23.7 Å². The molecule has 0 saturated heterocycles. The molecule has 0 atom stereocenters. The number of halogens is 2. The van der Waals surface area contributed by atoms with Gasteiger partial charge in [-0.2, -0.15) is 0 Å². The van der Waals surface area contributed by atoms with Crippen molar-refractivity contribution in [1.82, 2.24) is 10.0 Å². The third-order valence-electron chi connectivity index (χ3n) is 4.76. The van der Waals surface area contributed by atoms with Crippen molar-refractivity contribution >= 4 is 27.5 Å². The first-order valence-electron chi connectivity index (χ1n) is 9.76. The molecular formula is C23H22ClFN2O5S. The van der Waals surface area contributed by atoms with Crippen molar-refractivity contribution < 1.29 is 27.1 Å². The largest absolute Gasteiger partial charge is 0.495 e. The molecular weight excluding hydrogens is 471 g/mol. The summed E-state index contributed by atoms with van der Waals surface area (Å²) >= 11 is 5.85. The third-order valence-corrected chi connectivity index (χ3v) is 6.44. The molecule has 0 unspecified atom stereocenters. The van der Waals surface area contributed by atoms with Gasteiger partial charge in [0.2, 0.25) is 10.0 Å². The zero-order valence-electron chi connectivity index (χ0n) is 17.9. The van der Waals surface area contributed by atoms with E-state index >= 15 is 0 Å². The lowest BCUT2D eigenvalue weighted by molar-refractivity contribution is 0.0950. The van der Waals surface area contributed by atoms with Crippen LogP contribution in [0.5, 0.6) is 11.5 Å². The van der Waals surface area contributed by atoms with Crippen molar-refractivity contribution in [3.05, 3.63) is 88.2 Å². The maximum atomic E-state index is 13.8. The molecule has 3 aromatic carbocycles. The Labute approximate surface area is 196 Å². The molecule has 3 rings (SSSR count). The summed E-state index contributed by atoms with van der Waals surface area (Å²) in [6, 6.07) is 15.1. The monoisotopic (exact) mass is 492 g/mol. The fourth-order valence-electron chi connectivity index (χ4n) is 2.99. The molecule has 0 aliphatic rings. The minimum Gasteiger partial charge on any atom is -0.495 e. The number of rotatable bonds is 9. The fourth-order valence-corrected chi connectivity index (χ4v) is 4.33. The van der Waals surface area contributed by atoms with Crippen LogP contribution in [0.25, 0.3) is 0 Å². The minimum atomic E-state index is -4.00. The molecule has 0 aromatic heterocycles. The standard InChI is InChI=1S/C23H22ClFN2O5S/c1-31-20-9-5-16(11-19(20)25)13-26-23(28)17-6-10-21(32-2)22(12-17)33(29,30)27-14-15-3-7-18(24)8-4-15/h3-12,27H,13-14H2,1-2H3,(H,26,28). The van der Waals surface area contributed by atoms with Gasteiger partial charge in [-0.1, -0.05) is 29.8 Å². The average Bonchev–Trinajstić information content (AvgIpc) is 2.82. The van der Waals surface area contributed by atoms with Crippen LogP contribution in [-0.2, 0) is 23.1 Å². The molecule has 33 heavy (non-hydrogen) atoms. The van der Waals surface area contributed by atoms with Crippen LogP contribution in [0.15, 0.2) is 65.6 Å². The quantitative estimate of drug-likeness (QED) is 0.472. The van der Waals surface area contributed by atoms with Crippen LogP contribution in [0.4, 0.5) is 4.39 Å². The summed E-state index contributed by atoms with van der Waals surface area (Å²) in [6.45, 7) is 0.0742. The maximum absolute atomic E-state index is 13.8. The topological polar surface area (TPSA) is 93.7 Å². The zero-order valence-corrected chi connectivity index (χ0v) is 19.5. The predicted molar refractivity (Wildman–Crippen MR) is 123 cm³/mol. The second-order valence-corrected chi connectivity index (χ2v) is 9.14. The average molecular weight is 493 g/mol. The van der Waals surface area contributed by atoms with Gasteiger partial charge >= 0.3 is 0 Å². The molecule has 3 aromatic rings. The van der Waals surface area contributed by atoms with E-state index in [9.17, 15) is 17.6 Å². The number of ether oxygens (including phenoxy) is 2. The highest BCUT2D eigenvalue weighted by Crippen LogP contribution is 2.25. The predicted octanol–water partition coefficient (Wildman–Crippen LogP) is 3.90. The Bertz CT molecular complexity index is 1250. The van der Waals surface area contributed by atoms with Gasteiger partial charge in [0.05, 0.1) is 14.2 Å². The first kappa shape index (κ1) is 24.5. The first-order valence-corrected chi connectivity index (χ1v) is 11.6. The molecule has 174 valence electrons. The molecule has 0 spiro atoms. The summed E-state index contributed by atoms with van der Waals surface area (Å²) in [5, 5.41) is 3.19. The van der Waals surface area contributed by atoms with Crippen LogP contribution in [0, 0.1) is 5.82 Å². The number of hydrogen-bond donors (Lipinski definition) is 2. The van der Waals surface area contributed by atoms with Gasteiger partial charge in [-0.25, -0.2) is 17.5 Å². The number of benzene rings is 3. The Morgan fingerprint density at radius 2 is 1.55 bits per heavy atom. The van der Waals surface area contributed by atoms with E-state index in [0.29, 0.717) is 16.1 Å². The molecule has 1 amide bonds. The van der Waals surface area contributed by atoms with Crippen LogP contribution in [0.3, 0.4) is 0 Å². The summed E-state index contributed by atoms with van der Waals surface area (Å²) in [5.41, 5.74) is 1.34. The van der Waals surface area contributed by atoms with Crippen LogP contribution in [-0.4, -0.2) is 28.5 Å². The number of carbonyl (C=O) groups excluding carboxylic acids is 1. The highest BCUT2D eigenvalue weighted by molar-refractivity contribution is 7.89. The lowest BCUT2D eigenvalue weighted by Gasteiger charge is -2.13. The molecule has 10 heteroatoms. The van der Waals surface area contributed by atoms with Crippen molar-refractivity contribution in [2.75, 3.05) is 14.2 Å². The summed E-state index contributed by atoms with van der Waals surface area (Å²) < 4.78 is 52.2. The summed E-state index contributed by atoms with van der Waals surface area (Å²) in [7, 11) is -1.30. The Morgan fingerprint density at radius 3 is 2.18 bits per heavy atom. The number of amides is 1. The van der Waals surface area contributed by atoms with Gasteiger partial charge in [-0.15, -0.1) is 0 Å². The van der Waals surface area contributed by atoms with E-state index in [1.807, 2.05) is 0 Å². The second kappa shape index (κ2) is 10.7. The van der Waals surface area contributed by atoms with Crippen molar-refractivity contribution in [1.29, 1.82) is 0 Å². The molecule has 0 radical (unpaired) electrons. The number of sulfonamides is 1. The molecule has 0 bridgehead atoms. The van der Waals surface area contributed by atoms with Crippen molar-refractivity contribution in [2.45, 2.75) is 18.0 Å². The molecule has 0 saturated carbocycles. The summed E-state index contributed by atoms with van der Waals surface area (Å²) in [6.07, 6.45) is 0. The van der Waals surface area contributed by atoms with E-state index in [1.54, 1.807) is 30.3 Å². The Kier molecular flexibility index (Phi) is 7.91. The van der Waals surface area contributed by atoms with Gasteiger partial charge in [0.25, 0.3) is 5.91 Å². The van der Waals surface area contributed by atoms with E-state index in [2.05, 4.69) is 10.0 Å². The number of methoxy groups -OCH3 is 2. The summed E-state index contributed by atoms with van der Waals surface area (Å²) in [4.78, 5) is 12.4. The number of nitrogens with one attached hydrogen (secondary N) is 2. The van der Waals surface area contributed by atoms with E-state index in [1.165, 1.54) is 44.6 Å². The van der Waals surface area contributed by atoms with Crippen LogP contribution >= 0.6 is 11.6 Å². The molecule has 2 N–H and O–H groups in total. The van der Waals surface area contributed by atoms with E-state index in [4.69, 9.17) is 21.1 Å². The lowest BCUT2D eigenvalue weighted by Crippen LogP contribution is -2.26. The summed E-state index contributed by atoms with van der Waals surface area (Å²) in [5.74, 6) is -0.884. The van der Waals surface area contributed by atoms with E-state index in [-0.39, 0.29) is 35.0 Å². The minimum absolute atomic E-state index is 0.0299. The molecule has 0 aliphatic carbocycles. The van der Waals surface area contributed by atoms with E-state index < -0.39 is 21.7 Å². The molecule has 0 aliphatic heterocycles. The highest BCUT2D eigenvalue weighted by Gasteiger charge is 2.21. The number of carbonyl (C=O) groups is 1. The Morgan fingerprint density at radius 1 is 0.909 bits per heavy atom. The van der Waals surface area contributed by atoms with Crippen molar-refractivity contribution in [2.24, 2.45) is 0 Å². The normalized spacial score (nSPS) is 11.2. The molecule has 0 fully saturated rings. The maximum Gasteiger partial charge on any atom is 0.251 e. The van der Waals surface area contributed by atoms with Crippen molar-refractivity contribution in [3.8, 4) is 11.5 Å². The zero-order chi connectivity index (χ0) is 24.0. The van der Waals surface area contributed by atoms with Gasteiger partial charge in [0.1, 0.15) is 10.6 Å². The van der Waals surface area contributed by atoms with Gasteiger partial charge in [0.15, 0.2) is 11.6 Å². The van der Waals surface area contributed by atoms with Gasteiger partial charge in [-0.05, 0) is 53.6 Å².